The topological polar surface area (TPSA) is 61.3 Å². The van der Waals surface area contributed by atoms with E-state index in [-0.39, 0.29) is 17.1 Å². The maximum absolute atomic E-state index is 13.8. The van der Waals surface area contributed by atoms with Gasteiger partial charge in [-0.2, -0.15) is 8.78 Å². The molecule has 0 radical (unpaired) electrons. The summed E-state index contributed by atoms with van der Waals surface area (Å²) in [7, 11) is 0. The van der Waals surface area contributed by atoms with Crippen LogP contribution in [0.2, 0.25) is 0 Å². The molecule has 0 heterocycles. The maximum atomic E-state index is 13.8. The Labute approximate surface area is 117 Å². The van der Waals surface area contributed by atoms with Gasteiger partial charge in [0.05, 0.1) is 16.9 Å². The van der Waals surface area contributed by atoms with Crippen LogP contribution in [0.3, 0.4) is 0 Å². The number of rotatable bonds is 3. The van der Waals surface area contributed by atoms with Crippen molar-refractivity contribution < 1.29 is 22.3 Å². The van der Waals surface area contributed by atoms with E-state index in [0.717, 1.165) is 0 Å². The van der Waals surface area contributed by atoms with Crippen LogP contribution in [0.1, 0.15) is 5.56 Å². The number of hydrogen-bond acceptors (Lipinski definition) is 3. The van der Waals surface area contributed by atoms with Crippen molar-refractivity contribution in [3.63, 3.8) is 0 Å². The third-order valence-corrected chi connectivity index (χ3v) is 2.74. The Balaban J connectivity index is 2.63. The fourth-order valence-corrected chi connectivity index (χ4v) is 1.69. The number of halogens is 4. The summed E-state index contributed by atoms with van der Waals surface area (Å²) in [5.74, 6) is -8.20. The van der Waals surface area contributed by atoms with E-state index < -0.39 is 34.6 Å². The van der Waals surface area contributed by atoms with Crippen LogP contribution in [0.15, 0.2) is 24.8 Å². The van der Waals surface area contributed by atoms with Gasteiger partial charge in [0.1, 0.15) is 0 Å². The molecular weight excluding hydrogens is 288 g/mol. The van der Waals surface area contributed by atoms with Crippen molar-refractivity contribution in [1.29, 1.82) is 0 Å². The molecule has 0 spiro atoms. The first-order valence-corrected chi connectivity index (χ1v) is 5.68. The number of nitrogen functional groups attached to an aromatic ring is 2. The Kier molecular flexibility index (Phi) is 3.75. The van der Waals surface area contributed by atoms with Crippen LogP contribution in [-0.2, 0) is 0 Å². The van der Waals surface area contributed by atoms with E-state index in [1.807, 2.05) is 0 Å². The fourth-order valence-electron chi connectivity index (χ4n) is 1.69. The summed E-state index contributed by atoms with van der Waals surface area (Å²) in [6, 6.07) is 4.19. The van der Waals surface area contributed by atoms with Gasteiger partial charge in [0.25, 0.3) is 0 Å². The standard InChI is InChI=1S/C14H10F4N2O/c1-2-6-9(15)11(17)14(12(18)10(6)16)21-13-7(19)4-3-5-8(13)20/h2-5H,1,19-20H2. The summed E-state index contributed by atoms with van der Waals surface area (Å²) in [5.41, 5.74) is 10.1. The Morgan fingerprint density at radius 2 is 1.33 bits per heavy atom. The van der Waals surface area contributed by atoms with Gasteiger partial charge in [0.15, 0.2) is 17.4 Å². The first-order chi connectivity index (χ1) is 9.88. The van der Waals surface area contributed by atoms with Crippen LogP contribution in [0.4, 0.5) is 28.9 Å². The second kappa shape index (κ2) is 5.35. The molecular formula is C14H10F4N2O. The molecule has 2 aromatic carbocycles. The molecule has 0 aliphatic rings. The Bertz CT molecular complexity index is 682. The highest BCUT2D eigenvalue weighted by Gasteiger charge is 2.26. The van der Waals surface area contributed by atoms with E-state index in [4.69, 9.17) is 16.2 Å². The predicted octanol–water partition coefficient (Wildman–Crippen LogP) is 3.84. The van der Waals surface area contributed by atoms with Crippen molar-refractivity contribution in [3.8, 4) is 11.5 Å². The molecule has 0 fully saturated rings. The van der Waals surface area contributed by atoms with E-state index in [9.17, 15) is 17.6 Å². The van der Waals surface area contributed by atoms with Crippen molar-refractivity contribution in [1.82, 2.24) is 0 Å². The number of anilines is 2. The highest BCUT2D eigenvalue weighted by atomic mass is 19.2. The average molecular weight is 298 g/mol. The largest absolute Gasteiger partial charge is 0.447 e. The van der Waals surface area contributed by atoms with Gasteiger partial charge in [0.2, 0.25) is 17.4 Å². The summed E-state index contributed by atoms with van der Waals surface area (Å²) in [5, 5.41) is 0. The molecule has 0 saturated heterocycles. The van der Waals surface area contributed by atoms with E-state index in [1.54, 1.807) is 0 Å². The first-order valence-electron chi connectivity index (χ1n) is 5.68. The zero-order chi connectivity index (χ0) is 15.7. The molecule has 0 saturated carbocycles. The SMILES string of the molecule is C=Cc1c(F)c(F)c(Oc2c(N)cccc2N)c(F)c1F. The molecule has 2 rings (SSSR count). The van der Waals surface area contributed by atoms with Crippen molar-refractivity contribution in [2.45, 2.75) is 0 Å². The highest BCUT2D eigenvalue weighted by molar-refractivity contribution is 5.68. The molecule has 4 N–H and O–H groups in total. The molecule has 2 aromatic rings. The van der Waals surface area contributed by atoms with Crippen LogP contribution in [0, 0.1) is 23.3 Å². The van der Waals surface area contributed by atoms with Gasteiger partial charge in [-0.3, -0.25) is 0 Å². The summed E-state index contributed by atoms with van der Waals surface area (Å²) >= 11 is 0. The van der Waals surface area contributed by atoms with Crippen LogP contribution in [0.25, 0.3) is 6.08 Å². The molecule has 0 atom stereocenters. The van der Waals surface area contributed by atoms with Crippen LogP contribution >= 0.6 is 0 Å². The number of nitrogens with two attached hydrogens (primary N) is 2. The molecule has 0 bridgehead atoms. The van der Waals surface area contributed by atoms with Gasteiger partial charge >= 0.3 is 0 Å². The van der Waals surface area contributed by atoms with Gasteiger partial charge in [0, 0.05) is 0 Å². The molecule has 110 valence electrons. The van der Waals surface area contributed by atoms with Crippen molar-refractivity contribution in [2.24, 2.45) is 0 Å². The van der Waals surface area contributed by atoms with Crippen LogP contribution in [0.5, 0.6) is 11.5 Å². The van der Waals surface area contributed by atoms with Gasteiger partial charge in [-0.15, -0.1) is 0 Å². The lowest BCUT2D eigenvalue weighted by Crippen LogP contribution is -2.05. The molecule has 3 nitrogen and oxygen atoms in total. The second-order valence-corrected chi connectivity index (χ2v) is 4.07. The highest BCUT2D eigenvalue weighted by Crippen LogP contribution is 2.38. The summed E-state index contributed by atoms with van der Waals surface area (Å²) in [4.78, 5) is 0. The Hall–Kier alpha value is -2.70. The predicted molar refractivity (Wildman–Crippen MR) is 71.7 cm³/mol. The number of benzene rings is 2. The fraction of sp³-hybridized carbons (Fsp3) is 0. The van der Waals surface area contributed by atoms with Gasteiger partial charge in [-0.25, -0.2) is 8.78 Å². The minimum Gasteiger partial charge on any atom is -0.447 e. The number of ether oxygens (including phenoxy) is 1. The lowest BCUT2D eigenvalue weighted by atomic mass is 10.1. The number of para-hydroxylation sites is 1. The van der Waals surface area contributed by atoms with Gasteiger partial charge < -0.3 is 16.2 Å². The van der Waals surface area contributed by atoms with Crippen LogP contribution in [-0.4, -0.2) is 0 Å². The molecule has 0 unspecified atom stereocenters. The minimum absolute atomic E-state index is 0.0394. The summed E-state index contributed by atoms with van der Waals surface area (Å²) < 4.78 is 59.7. The Morgan fingerprint density at radius 3 is 1.76 bits per heavy atom. The summed E-state index contributed by atoms with van der Waals surface area (Å²) in [6.07, 6.45) is 0.659. The third-order valence-electron chi connectivity index (χ3n) is 2.74. The Morgan fingerprint density at radius 1 is 0.857 bits per heavy atom. The molecule has 0 aromatic heterocycles. The molecule has 21 heavy (non-hydrogen) atoms. The van der Waals surface area contributed by atoms with Crippen LogP contribution < -0.4 is 16.2 Å². The average Bonchev–Trinajstić information content (AvgIpc) is 2.45. The molecule has 0 aliphatic heterocycles. The molecule has 0 amide bonds. The zero-order valence-corrected chi connectivity index (χ0v) is 10.6. The van der Waals surface area contributed by atoms with E-state index in [1.165, 1.54) is 18.2 Å². The zero-order valence-electron chi connectivity index (χ0n) is 10.6. The van der Waals surface area contributed by atoms with Crippen molar-refractivity contribution >= 4 is 17.5 Å². The van der Waals surface area contributed by atoms with Gasteiger partial charge in [-0.1, -0.05) is 18.7 Å². The smallest absolute Gasteiger partial charge is 0.205 e. The van der Waals surface area contributed by atoms with Crippen molar-refractivity contribution in [2.75, 3.05) is 11.5 Å². The molecule has 0 aliphatic carbocycles. The number of hydrogen-bond donors (Lipinski definition) is 2. The second-order valence-electron chi connectivity index (χ2n) is 4.07. The van der Waals surface area contributed by atoms with E-state index >= 15 is 0 Å². The lowest BCUT2D eigenvalue weighted by molar-refractivity contribution is 0.366. The molecule has 7 heteroatoms. The monoisotopic (exact) mass is 298 g/mol. The first kappa shape index (κ1) is 14.7. The van der Waals surface area contributed by atoms with Crippen molar-refractivity contribution in [3.05, 3.63) is 53.6 Å². The lowest BCUT2D eigenvalue weighted by Gasteiger charge is -2.14. The third kappa shape index (κ3) is 2.37. The minimum atomic E-state index is -1.70. The van der Waals surface area contributed by atoms with E-state index in [0.29, 0.717) is 6.08 Å². The maximum Gasteiger partial charge on any atom is 0.205 e. The summed E-state index contributed by atoms with van der Waals surface area (Å²) in [6.45, 7) is 3.08. The van der Waals surface area contributed by atoms with E-state index in [2.05, 4.69) is 6.58 Å². The van der Waals surface area contributed by atoms with Gasteiger partial charge in [-0.05, 0) is 12.1 Å². The quantitative estimate of drug-likeness (QED) is 0.514. The normalized spacial score (nSPS) is 10.5.